The summed E-state index contributed by atoms with van der Waals surface area (Å²) in [6.45, 7) is 1.51. The van der Waals surface area contributed by atoms with Gasteiger partial charge in [0.15, 0.2) is 11.6 Å². The lowest BCUT2D eigenvalue weighted by molar-refractivity contribution is -0.109. The summed E-state index contributed by atoms with van der Waals surface area (Å²) in [5.74, 6) is -2.36. The summed E-state index contributed by atoms with van der Waals surface area (Å²) in [7, 11) is 0. The first-order valence-corrected chi connectivity index (χ1v) is 10.1. The lowest BCUT2D eigenvalue weighted by Crippen LogP contribution is -2.48. The monoisotopic (exact) mass is 413 g/mol. The van der Waals surface area contributed by atoms with Crippen molar-refractivity contribution >= 4 is 29.1 Å². The van der Waals surface area contributed by atoms with E-state index in [-0.39, 0.29) is 48.7 Å². The van der Waals surface area contributed by atoms with Crippen LogP contribution in [0.15, 0.2) is 36.5 Å². The summed E-state index contributed by atoms with van der Waals surface area (Å²) in [4.78, 5) is 38.1. The second kappa shape index (κ2) is 7.00. The average molecular weight is 413 g/mol. The van der Waals surface area contributed by atoms with Crippen molar-refractivity contribution in [3.63, 3.8) is 0 Å². The Kier molecular flexibility index (Phi) is 4.41. The summed E-state index contributed by atoms with van der Waals surface area (Å²) < 4.78 is 26.2. The van der Waals surface area contributed by atoms with Crippen LogP contribution < -0.4 is 15.1 Å². The van der Waals surface area contributed by atoms with E-state index >= 15 is 0 Å². The van der Waals surface area contributed by atoms with Crippen LogP contribution in [0.4, 0.5) is 30.9 Å². The molecule has 0 unspecified atom stereocenters. The Bertz CT molecular complexity index is 992. The van der Waals surface area contributed by atoms with Crippen molar-refractivity contribution in [1.29, 1.82) is 0 Å². The van der Waals surface area contributed by atoms with E-state index in [9.17, 15) is 18.4 Å². The second-order valence-corrected chi connectivity index (χ2v) is 8.20. The van der Waals surface area contributed by atoms with Gasteiger partial charge in [-0.25, -0.2) is 23.5 Å². The molecule has 1 saturated heterocycles. The van der Waals surface area contributed by atoms with Crippen LogP contribution in [0, 0.1) is 5.92 Å². The molecule has 2 bridgehead atoms. The highest BCUT2D eigenvalue weighted by Gasteiger charge is 2.46. The number of pyridine rings is 2. The molecule has 1 aliphatic carbocycles. The highest BCUT2D eigenvalue weighted by atomic mass is 19.3. The number of anilines is 3. The minimum Gasteiger partial charge on any atom is -0.366 e. The van der Waals surface area contributed by atoms with Crippen molar-refractivity contribution in [1.82, 2.24) is 9.97 Å². The molecule has 3 aliphatic rings. The number of nitrogens with one attached hydrogen (secondary N) is 1. The van der Waals surface area contributed by atoms with Crippen LogP contribution in [0.25, 0.3) is 0 Å². The van der Waals surface area contributed by atoms with Crippen LogP contribution in [-0.2, 0) is 0 Å². The van der Waals surface area contributed by atoms with Crippen molar-refractivity contribution in [2.45, 2.75) is 37.6 Å². The Balaban J connectivity index is 1.40. The number of hydrogen-bond acceptors (Lipinski definition) is 5. The number of alkyl halides is 2. The van der Waals surface area contributed by atoms with Gasteiger partial charge in [0.2, 0.25) is 5.92 Å². The molecular formula is C21H21F2N5O2. The number of nitrogens with zero attached hydrogens (tertiary/aromatic N) is 4. The van der Waals surface area contributed by atoms with Crippen molar-refractivity contribution in [2.24, 2.45) is 5.92 Å². The molecule has 4 heterocycles. The van der Waals surface area contributed by atoms with E-state index in [4.69, 9.17) is 0 Å². The summed E-state index contributed by atoms with van der Waals surface area (Å²) in [5, 5.41) is 2.79. The number of hydrogen-bond donors (Lipinski definition) is 1. The maximum absolute atomic E-state index is 13.1. The molecule has 1 atom stereocenters. The van der Waals surface area contributed by atoms with Gasteiger partial charge in [0, 0.05) is 38.5 Å². The van der Waals surface area contributed by atoms with Gasteiger partial charge in [-0.2, -0.15) is 0 Å². The van der Waals surface area contributed by atoms with Gasteiger partial charge in [0.1, 0.15) is 11.5 Å². The Morgan fingerprint density at radius 3 is 2.77 bits per heavy atom. The van der Waals surface area contributed by atoms with Gasteiger partial charge in [-0.15, -0.1) is 0 Å². The minimum absolute atomic E-state index is 0.0502. The average Bonchev–Trinajstić information content (AvgIpc) is 3.11. The van der Waals surface area contributed by atoms with Crippen molar-refractivity contribution in [3.05, 3.63) is 42.2 Å². The van der Waals surface area contributed by atoms with E-state index in [1.807, 2.05) is 0 Å². The zero-order chi connectivity index (χ0) is 20.9. The molecule has 2 aromatic rings. The molecule has 7 nitrogen and oxygen atoms in total. The molecule has 0 aromatic carbocycles. The number of fused-ring (bicyclic) bond motifs is 4. The lowest BCUT2D eigenvalue weighted by Gasteiger charge is -2.36. The number of ketones is 1. The van der Waals surface area contributed by atoms with E-state index in [2.05, 4.69) is 20.2 Å². The fourth-order valence-electron chi connectivity index (χ4n) is 4.53. The van der Waals surface area contributed by atoms with Crippen LogP contribution in [0.1, 0.15) is 36.2 Å². The molecule has 5 rings (SSSR count). The van der Waals surface area contributed by atoms with Crippen molar-refractivity contribution in [3.8, 4) is 0 Å². The molecule has 0 spiro atoms. The highest BCUT2D eigenvalue weighted by molar-refractivity contribution is 6.05. The highest BCUT2D eigenvalue weighted by Crippen LogP contribution is 2.45. The number of aromatic nitrogens is 2. The predicted molar refractivity (Wildman–Crippen MR) is 107 cm³/mol. The van der Waals surface area contributed by atoms with Gasteiger partial charge in [0.25, 0.3) is 0 Å². The van der Waals surface area contributed by atoms with Gasteiger partial charge in [-0.3, -0.25) is 15.0 Å². The summed E-state index contributed by atoms with van der Waals surface area (Å²) in [5.41, 5.74) is 1.01. The number of carbonyl (C=O) groups excluding carboxylic acids is 2. The number of urea groups is 1. The number of rotatable bonds is 4. The number of carbonyl (C=O) groups is 2. The Morgan fingerprint density at radius 1 is 1.20 bits per heavy atom. The molecule has 0 radical (unpaired) electrons. The first-order valence-electron chi connectivity index (χ1n) is 10.1. The number of Topliss-reactive ketones (excluding diaryl/α,β-unsaturated/α-hetero) is 1. The van der Waals surface area contributed by atoms with Crippen LogP contribution in [0.3, 0.4) is 0 Å². The van der Waals surface area contributed by atoms with E-state index in [1.54, 1.807) is 41.4 Å². The van der Waals surface area contributed by atoms with Gasteiger partial charge in [-0.1, -0.05) is 6.07 Å². The fraction of sp³-hybridized carbons (Fsp3) is 0.429. The molecular weight excluding hydrogens is 392 g/mol. The largest absolute Gasteiger partial charge is 0.366 e. The van der Waals surface area contributed by atoms with Gasteiger partial charge < -0.3 is 4.90 Å². The van der Waals surface area contributed by atoms with Crippen LogP contribution in [0.5, 0.6) is 0 Å². The van der Waals surface area contributed by atoms with Gasteiger partial charge in [-0.05, 0) is 36.6 Å². The Labute approximate surface area is 172 Å². The van der Waals surface area contributed by atoms with E-state index in [0.29, 0.717) is 18.2 Å². The van der Waals surface area contributed by atoms with E-state index < -0.39 is 5.92 Å². The zero-order valence-electron chi connectivity index (χ0n) is 16.2. The van der Waals surface area contributed by atoms with Gasteiger partial charge in [0.05, 0.1) is 11.7 Å². The molecule has 2 fully saturated rings. The van der Waals surface area contributed by atoms with Crippen molar-refractivity contribution < 1.29 is 18.4 Å². The first-order chi connectivity index (χ1) is 14.4. The molecule has 1 N–H and O–H groups in total. The maximum Gasteiger partial charge on any atom is 0.329 e. The zero-order valence-corrected chi connectivity index (χ0v) is 16.2. The standard InChI is InChI=1S/C21H21F2N5O2/c22-21(23)10-13(11-21)9-17(29)15-4-5-16-19(25-15)28(14-6-8-27(16)12-14)20(30)26-18-3-1-2-7-24-18/h1-5,7,13-14H,6,8-12H2,(H,24,26,30)/t14-/m0/s1. The second-order valence-electron chi connectivity index (χ2n) is 8.20. The quantitative estimate of drug-likeness (QED) is 0.773. The normalized spacial score (nSPS) is 21.7. The minimum atomic E-state index is -2.65. The third-order valence-electron chi connectivity index (χ3n) is 6.01. The lowest BCUT2D eigenvalue weighted by atomic mass is 9.78. The first kappa shape index (κ1) is 18.9. The van der Waals surface area contributed by atoms with E-state index in [1.165, 1.54) is 0 Å². The molecule has 2 amide bonds. The molecule has 2 aliphatic heterocycles. The van der Waals surface area contributed by atoms with E-state index in [0.717, 1.165) is 18.7 Å². The molecule has 30 heavy (non-hydrogen) atoms. The third-order valence-corrected chi connectivity index (χ3v) is 6.01. The molecule has 9 heteroatoms. The summed E-state index contributed by atoms with van der Waals surface area (Å²) in [6, 6.07) is 8.27. The molecule has 156 valence electrons. The van der Waals surface area contributed by atoms with Gasteiger partial charge >= 0.3 is 6.03 Å². The molecule has 2 aromatic heterocycles. The Hall–Kier alpha value is -3.10. The van der Waals surface area contributed by atoms with Crippen LogP contribution >= 0.6 is 0 Å². The molecule has 1 saturated carbocycles. The SMILES string of the molecule is O=C(CC1CC(F)(F)C1)c1ccc2c(n1)N(C(=O)Nc1ccccn1)[C@H]1CCN2C1. The van der Waals surface area contributed by atoms with Crippen molar-refractivity contribution in [2.75, 3.05) is 28.2 Å². The summed E-state index contributed by atoms with van der Waals surface area (Å²) in [6.07, 6.45) is 1.94. The fourth-order valence-corrected chi connectivity index (χ4v) is 4.53. The Morgan fingerprint density at radius 2 is 2.03 bits per heavy atom. The maximum atomic E-state index is 13.1. The third kappa shape index (κ3) is 3.38. The summed E-state index contributed by atoms with van der Waals surface area (Å²) >= 11 is 0. The van der Waals surface area contributed by atoms with Crippen LogP contribution in [-0.4, -0.2) is 46.8 Å². The smallest absolute Gasteiger partial charge is 0.329 e. The topological polar surface area (TPSA) is 78.4 Å². The number of amides is 2. The van der Waals surface area contributed by atoms with Crippen LogP contribution in [0.2, 0.25) is 0 Å². The predicted octanol–water partition coefficient (Wildman–Crippen LogP) is 3.73. The number of halogens is 2.